The Labute approximate surface area is 144 Å². The second-order valence-electron chi connectivity index (χ2n) is 4.49. The summed E-state index contributed by atoms with van der Waals surface area (Å²) in [6.45, 7) is 0. The van der Waals surface area contributed by atoms with Crippen molar-refractivity contribution in [1.82, 2.24) is 0 Å². The Balaban J connectivity index is 2.40. The van der Waals surface area contributed by atoms with Crippen LogP contribution in [0.15, 0.2) is 30.3 Å². The van der Waals surface area contributed by atoms with E-state index >= 15 is 0 Å². The molecule has 0 unspecified atom stereocenters. The molecular weight excluding hydrogens is 341 g/mol. The van der Waals surface area contributed by atoms with Gasteiger partial charge in [-0.2, -0.15) is 0 Å². The van der Waals surface area contributed by atoms with Gasteiger partial charge in [-0.15, -0.1) is 0 Å². The van der Waals surface area contributed by atoms with Gasteiger partial charge in [0.2, 0.25) is 0 Å². The molecule has 0 atom stereocenters. The van der Waals surface area contributed by atoms with Gasteiger partial charge in [0.1, 0.15) is 17.2 Å². The molecule has 0 bridgehead atoms. The van der Waals surface area contributed by atoms with E-state index in [-0.39, 0.29) is 16.3 Å². The van der Waals surface area contributed by atoms with Crippen molar-refractivity contribution in [3.63, 3.8) is 0 Å². The Morgan fingerprint density at radius 2 is 1.74 bits per heavy atom. The Morgan fingerprint density at radius 1 is 1.00 bits per heavy atom. The molecular formula is C16H15Cl2NO4. The van der Waals surface area contributed by atoms with Crippen molar-refractivity contribution in [3.8, 4) is 17.2 Å². The van der Waals surface area contributed by atoms with Gasteiger partial charge in [-0.1, -0.05) is 23.2 Å². The number of ether oxygens (including phenoxy) is 3. The van der Waals surface area contributed by atoms with E-state index in [4.69, 9.17) is 37.4 Å². The maximum Gasteiger partial charge on any atom is 0.259 e. The topological polar surface area (TPSA) is 56.8 Å². The number of halogens is 2. The number of amides is 1. The SMILES string of the molecule is COc1ccc(OC)c(NC(=O)c2cc(Cl)cc(Cl)c2OC)c1. The largest absolute Gasteiger partial charge is 0.497 e. The zero-order chi connectivity index (χ0) is 17.0. The molecule has 0 heterocycles. The van der Waals surface area contributed by atoms with Crippen LogP contribution in [-0.4, -0.2) is 27.2 Å². The monoisotopic (exact) mass is 355 g/mol. The van der Waals surface area contributed by atoms with Crippen molar-refractivity contribution in [2.75, 3.05) is 26.6 Å². The Kier molecular flexibility index (Phi) is 5.58. The number of rotatable bonds is 5. The minimum absolute atomic E-state index is 0.217. The summed E-state index contributed by atoms with van der Waals surface area (Å²) in [7, 11) is 4.47. The lowest BCUT2D eigenvalue weighted by molar-refractivity contribution is 0.102. The normalized spacial score (nSPS) is 10.1. The number of benzene rings is 2. The molecule has 0 radical (unpaired) electrons. The molecule has 1 amide bonds. The number of methoxy groups -OCH3 is 3. The van der Waals surface area contributed by atoms with E-state index in [0.717, 1.165) is 0 Å². The summed E-state index contributed by atoms with van der Waals surface area (Å²) in [6, 6.07) is 8.05. The van der Waals surface area contributed by atoms with Gasteiger partial charge in [0.25, 0.3) is 5.91 Å². The van der Waals surface area contributed by atoms with E-state index in [1.165, 1.54) is 33.5 Å². The molecule has 0 fully saturated rings. The Hall–Kier alpha value is -2.11. The molecule has 0 aromatic heterocycles. The average molecular weight is 356 g/mol. The fourth-order valence-electron chi connectivity index (χ4n) is 2.04. The molecule has 0 aliphatic carbocycles. The first kappa shape index (κ1) is 17.2. The van der Waals surface area contributed by atoms with Gasteiger partial charge in [-0.3, -0.25) is 4.79 Å². The third-order valence-corrected chi connectivity index (χ3v) is 3.61. The van der Waals surface area contributed by atoms with E-state index in [9.17, 15) is 4.79 Å². The zero-order valence-corrected chi connectivity index (χ0v) is 14.3. The molecule has 2 rings (SSSR count). The van der Waals surface area contributed by atoms with Crippen LogP contribution in [0.3, 0.4) is 0 Å². The van der Waals surface area contributed by atoms with Crippen LogP contribution in [0.25, 0.3) is 0 Å². The zero-order valence-electron chi connectivity index (χ0n) is 12.8. The summed E-state index contributed by atoms with van der Waals surface area (Å²) in [5.41, 5.74) is 0.671. The van der Waals surface area contributed by atoms with Gasteiger partial charge in [0, 0.05) is 11.1 Å². The molecule has 2 aromatic carbocycles. The second kappa shape index (κ2) is 7.44. The molecule has 0 aliphatic heterocycles. The van der Waals surface area contributed by atoms with Gasteiger partial charge in [-0.05, 0) is 24.3 Å². The van der Waals surface area contributed by atoms with Gasteiger partial charge < -0.3 is 19.5 Å². The van der Waals surface area contributed by atoms with E-state index in [1.807, 2.05) is 0 Å². The minimum atomic E-state index is -0.433. The predicted octanol–water partition coefficient (Wildman–Crippen LogP) is 4.27. The van der Waals surface area contributed by atoms with Crippen LogP contribution in [0, 0.1) is 0 Å². The van der Waals surface area contributed by atoms with Crippen LogP contribution < -0.4 is 19.5 Å². The summed E-state index contributed by atoms with van der Waals surface area (Å²) in [4.78, 5) is 12.6. The van der Waals surface area contributed by atoms with Crippen LogP contribution in [0.2, 0.25) is 10.0 Å². The van der Waals surface area contributed by atoms with Crippen LogP contribution in [0.5, 0.6) is 17.2 Å². The lowest BCUT2D eigenvalue weighted by atomic mass is 10.1. The van der Waals surface area contributed by atoms with Crippen LogP contribution in [0.4, 0.5) is 5.69 Å². The molecule has 0 aliphatic rings. The highest BCUT2D eigenvalue weighted by atomic mass is 35.5. The first-order chi connectivity index (χ1) is 11.0. The third-order valence-electron chi connectivity index (χ3n) is 3.11. The first-order valence-corrected chi connectivity index (χ1v) is 7.32. The van der Waals surface area contributed by atoms with Gasteiger partial charge in [-0.25, -0.2) is 0 Å². The van der Waals surface area contributed by atoms with E-state index < -0.39 is 5.91 Å². The molecule has 0 saturated carbocycles. The molecule has 0 saturated heterocycles. The number of carbonyl (C=O) groups is 1. The fraction of sp³-hybridized carbons (Fsp3) is 0.188. The van der Waals surface area contributed by atoms with Crippen molar-refractivity contribution in [1.29, 1.82) is 0 Å². The molecule has 1 N–H and O–H groups in total. The van der Waals surface area contributed by atoms with E-state index in [1.54, 1.807) is 18.2 Å². The van der Waals surface area contributed by atoms with Gasteiger partial charge >= 0.3 is 0 Å². The highest BCUT2D eigenvalue weighted by Gasteiger charge is 2.18. The van der Waals surface area contributed by atoms with E-state index in [2.05, 4.69) is 5.32 Å². The number of hydrogen-bond donors (Lipinski definition) is 1. The third kappa shape index (κ3) is 3.81. The number of hydrogen-bond acceptors (Lipinski definition) is 4. The summed E-state index contributed by atoms with van der Waals surface area (Å²) in [5, 5.41) is 3.32. The first-order valence-electron chi connectivity index (χ1n) is 6.56. The van der Waals surface area contributed by atoms with Crippen molar-refractivity contribution >= 4 is 34.8 Å². The van der Waals surface area contributed by atoms with E-state index in [0.29, 0.717) is 22.2 Å². The molecule has 0 spiro atoms. The summed E-state index contributed by atoms with van der Waals surface area (Å²) in [5.74, 6) is 0.886. The average Bonchev–Trinajstić information content (AvgIpc) is 2.54. The summed E-state index contributed by atoms with van der Waals surface area (Å²) in [6.07, 6.45) is 0. The van der Waals surface area contributed by atoms with Gasteiger partial charge in [0.05, 0.1) is 37.6 Å². The standard InChI is InChI=1S/C16H15Cl2NO4/c1-21-10-4-5-14(22-2)13(8-10)19-16(20)11-6-9(17)7-12(18)15(11)23-3/h4-8H,1-3H3,(H,19,20). The molecule has 5 nitrogen and oxygen atoms in total. The number of carbonyl (C=O) groups excluding carboxylic acids is 1. The van der Waals surface area contributed by atoms with Crippen molar-refractivity contribution in [3.05, 3.63) is 45.9 Å². The summed E-state index contributed by atoms with van der Waals surface area (Å²) < 4.78 is 15.6. The smallest absolute Gasteiger partial charge is 0.259 e. The lowest BCUT2D eigenvalue weighted by Gasteiger charge is -2.14. The van der Waals surface area contributed by atoms with Crippen LogP contribution in [0.1, 0.15) is 10.4 Å². The highest BCUT2D eigenvalue weighted by Crippen LogP contribution is 2.34. The Bertz CT molecular complexity index is 734. The fourth-order valence-corrected chi connectivity index (χ4v) is 2.61. The van der Waals surface area contributed by atoms with Crippen molar-refractivity contribution in [2.24, 2.45) is 0 Å². The molecule has 7 heteroatoms. The van der Waals surface area contributed by atoms with Crippen LogP contribution >= 0.6 is 23.2 Å². The number of anilines is 1. The quantitative estimate of drug-likeness (QED) is 0.869. The summed E-state index contributed by atoms with van der Waals surface area (Å²) >= 11 is 12.0. The molecule has 122 valence electrons. The number of nitrogens with one attached hydrogen (secondary N) is 1. The maximum atomic E-state index is 12.6. The Morgan fingerprint density at radius 3 is 2.35 bits per heavy atom. The minimum Gasteiger partial charge on any atom is -0.497 e. The predicted molar refractivity (Wildman–Crippen MR) is 90.5 cm³/mol. The lowest BCUT2D eigenvalue weighted by Crippen LogP contribution is -2.14. The van der Waals surface area contributed by atoms with Crippen molar-refractivity contribution in [2.45, 2.75) is 0 Å². The molecule has 2 aromatic rings. The maximum absolute atomic E-state index is 12.6. The molecule has 23 heavy (non-hydrogen) atoms. The second-order valence-corrected chi connectivity index (χ2v) is 5.33. The van der Waals surface area contributed by atoms with Crippen LogP contribution in [-0.2, 0) is 0 Å². The van der Waals surface area contributed by atoms with Crippen molar-refractivity contribution < 1.29 is 19.0 Å². The van der Waals surface area contributed by atoms with Gasteiger partial charge in [0.15, 0.2) is 0 Å². The highest BCUT2D eigenvalue weighted by molar-refractivity contribution is 6.36.